The third-order valence-corrected chi connectivity index (χ3v) is 3.13. The van der Waals surface area contributed by atoms with Gasteiger partial charge in [0.1, 0.15) is 0 Å². The van der Waals surface area contributed by atoms with Gasteiger partial charge in [0, 0.05) is 19.5 Å². The SMILES string of the molecule is O=C(O)N1CCC2(CC1)CC(O)CO2. The highest BCUT2D eigenvalue weighted by Gasteiger charge is 2.42. The van der Waals surface area contributed by atoms with Crippen LogP contribution in [0.5, 0.6) is 0 Å². The predicted molar refractivity (Wildman–Crippen MR) is 48.1 cm³/mol. The maximum atomic E-state index is 10.7. The molecule has 2 fully saturated rings. The van der Waals surface area contributed by atoms with Crippen molar-refractivity contribution in [2.45, 2.75) is 31.0 Å². The molecule has 0 aromatic carbocycles. The molecular formula is C9H15NO4. The number of aliphatic hydroxyl groups is 1. The molecule has 0 aromatic rings. The molecule has 14 heavy (non-hydrogen) atoms. The van der Waals surface area contributed by atoms with Crippen molar-refractivity contribution in [3.8, 4) is 0 Å². The van der Waals surface area contributed by atoms with Crippen molar-refractivity contribution >= 4 is 6.09 Å². The number of carboxylic acid groups (broad SMARTS) is 1. The fourth-order valence-electron chi connectivity index (χ4n) is 2.27. The standard InChI is InChI=1S/C9H15NO4/c11-7-5-9(14-6-7)1-3-10(4-2-9)8(12)13/h7,11H,1-6H2,(H,12,13). The minimum absolute atomic E-state index is 0.245. The highest BCUT2D eigenvalue weighted by molar-refractivity contribution is 5.65. The molecule has 0 saturated carbocycles. The smallest absolute Gasteiger partial charge is 0.407 e. The number of hydrogen-bond donors (Lipinski definition) is 2. The van der Waals surface area contributed by atoms with Gasteiger partial charge in [0.25, 0.3) is 0 Å². The van der Waals surface area contributed by atoms with Crippen molar-refractivity contribution in [2.75, 3.05) is 19.7 Å². The van der Waals surface area contributed by atoms with Gasteiger partial charge in [-0.05, 0) is 12.8 Å². The minimum atomic E-state index is -0.863. The molecule has 80 valence electrons. The highest BCUT2D eigenvalue weighted by atomic mass is 16.5. The summed E-state index contributed by atoms with van der Waals surface area (Å²) in [4.78, 5) is 12.1. The second kappa shape index (κ2) is 3.40. The average molecular weight is 201 g/mol. The molecule has 0 radical (unpaired) electrons. The molecule has 1 atom stereocenters. The summed E-state index contributed by atoms with van der Waals surface area (Å²) in [6, 6.07) is 0. The van der Waals surface area contributed by atoms with Gasteiger partial charge in [-0.1, -0.05) is 0 Å². The fourth-order valence-corrected chi connectivity index (χ4v) is 2.27. The summed E-state index contributed by atoms with van der Waals surface area (Å²) in [5.74, 6) is 0. The van der Waals surface area contributed by atoms with Crippen LogP contribution in [0.4, 0.5) is 4.79 Å². The Bertz CT molecular complexity index is 235. The largest absolute Gasteiger partial charge is 0.465 e. The van der Waals surface area contributed by atoms with Crippen molar-refractivity contribution in [2.24, 2.45) is 0 Å². The van der Waals surface area contributed by atoms with E-state index >= 15 is 0 Å². The molecule has 1 unspecified atom stereocenters. The zero-order valence-electron chi connectivity index (χ0n) is 7.98. The Hall–Kier alpha value is -0.810. The Morgan fingerprint density at radius 3 is 2.50 bits per heavy atom. The third-order valence-electron chi connectivity index (χ3n) is 3.13. The van der Waals surface area contributed by atoms with E-state index < -0.39 is 6.09 Å². The first-order valence-electron chi connectivity index (χ1n) is 4.91. The summed E-state index contributed by atoms with van der Waals surface area (Å²) < 4.78 is 5.55. The summed E-state index contributed by atoms with van der Waals surface area (Å²) >= 11 is 0. The lowest BCUT2D eigenvalue weighted by molar-refractivity contribution is -0.0403. The number of carbonyl (C=O) groups is 1. The average Bonchev–Trinajstić information content (AvgIpc) is 2.48. The molecule has 2 N–H and O–H groups in total. The molecule has 2 aliphatic heterocycles. The van der Waals surface area contributed by atoms with Crippen molar-refractivity contribution in [1.29, 1.82) is 0 Å². The number of amides is 1. The van der Waals surface area contributed by atoms with Crippen LogP contribution >= 0.6 is 0 Å². The van der Waals surface area contributed by atoms with E-state index in [4.69, 9.17) is 9.84 Å². The molecule has 1 amide bonds. The Labute approximate surface area is 82.3 Å². The Morgan fingerprint density at radius 2 is 2.07 bits per heavy atom. The number of nitrogens with zero attached hydrogens (tertiary/aromatic N) is 1. The van der Waals surface area contributed by atoms with Gasteiger partial charge in [0.05, 0.1) is 18.3 Å². The summed E-state index contributed by atoms with van der Waals surface area (Å²) in [7, 11) is 0. The second-order valence-electron chi connectivity index (χ2n) is 4.12. The molecule has 1 spiro atoms. The van der Waals surface area contributed by atoms with Crippen LogP contribution < -0.4 is 0 Å². The van der Waals surface area contributed by atoms with Gasteiger partial charge in [0.15, 0.2) is 0 Å². The normalized spacial score (nSPS) is 30.9. The summed E-state index contributed by atoms with van der Waals surface area (Å²) in [6.45, 7) is 1.43. The van der Waals surface area contributed by atoms with Crippen molar-refractivity contribution in [1.82, 2.24) is 4.90 Å². The van der Waals surface area contributed by atoms with E-state index in [-0.39, 0.29) is 11.7 Å². The van der Waals surface area contributed by atoms with Gasteiger partial charge in [-0.15, -0.1) is 0 Å². The molecule has 0 aromatic heterocycles. The van der Waals surface area contributed by atoms with Crippen LogP contribution in [0.25, 0.3) is 0 Å². The lowest BCUT2D eigenvalue weighted by Crippen LogP contribution is -2.46. The molecule has 2 aliphatic rings. The number of likely N-dealkylation sites (tertiary alicyclic amines) is 1. The van der Waals surface area contributed by atoms with Crippen LogP contribution in [0.2, 0.25) is 0 Å². The number of rotatable bonds is 0. The van der Waals surface area contributed by atoms with Crippen LogP contribution in [0.15, 0.2) is 0 Å². The Kier molecular flexibility index (Phi) is 2.36. The third kappa shape index (κ3) is 1.69. The molecule has 2 heterocycles. The summed E-state index contributed by atoms with van der Waals surface area (Å²) in [5, 5.41) is 18.1. The van der Waals surface area contributed by atoms with Gasteiger partial charge < -0.3 is 19.8 Å². The molecule has 5 heteroatoms. The minimum Gasteiger partial charge on any atom is -0.465 e. The van der Waals surface area contributed by atoms with Crippen molar-refractivity contribution < 1.29 is 19.7 Å². The zero-order chi connectivity index (χ0) is 10.2. The molecule has 0 aliphatic carbocycles. The van der Waals surface area contributed by atoms with E-state index in [1.807, 2.05) is 0 Å². The zero-order valence-corrected chi connectivity index (χ0v) is 7.98. The maximum Gasteiger partial charge on any atom is 0.407 e. The van der Waals surface area contributed by atoms with E-state index in [0.29, 0.717) is 39.0 Å². The van der Waals surface area contributed by atoms with E-state index in [9.17, 15) is 9.90 Å². The first kappa shape index (κ1) is 9.73. The lowest BCUT2D eigenvalue weighted by atomic mass is 9.88. The van der Waals surface area contributed by atoms with Crippen LogP contribution in [0.1, 0.15) is 19.3 Å². The van der Waals surface area contributed by atoms with E-state index in [1.165, 1.54) is 4.90 Å². The van der Waals surface area contributed by atoms with Gasteiger partial charge >= 0.3 is 6.09 Å². The maximum absolute atomic E-state index is 10.7. The Morgan fingerprint density at radius 1 is 1.43 bits per heavy atom. The monoisotopic (exact) mass is 201 g/mol. The summed E-state index contributed by atoms with van der Waals surface area (Å²) in [5.41, 5.74) is -0.245. The first-order chi connectivity index (χ1) is 6.61. The van der Waals surface area contributed by atoms with Gasteiger partial charge in [-0.25, -0.2) is 4.79 Å². The van der Waals surface area contributed by atoms with Crippen LogP contribution in [-0.2, 0) is 4.74 Å². The first-order valence-corrected chi connectivity index (χ1v) is 4.91. The molecule has 2 rings (SSSR count). The van der Waals surface area contributed by atoms with Gasteiger partial charge in [0.2, 0.25) is 0 Å². The molecule has 0 bridgehead atoms. The van der Waals surface area contributed by atoms with Crippen molar-refractivity contribution in [3.63, 3.8) is 0 Å². The van der Waals surface area contributed by atoms with Crippen LogP contribution in [-0.4, -0.2) is 52.6 Å². The highest BCUT2D eigenvalue weighted by Crippen LogP contribution is 2.35. The fraction of sp³-hybridized carbons (Fsp3) is 0.889. The van der Waals surface area contributed by atoms with E-state index in [0.717, 1.165) is 0 Å². The van der Waals surface area contributed by atoms with E-state index in [2.05, 4.69) is 0 Å². The quantitative estimate of drug-likeness (QED) is 0.590. The topological polar surface area (TPSA) is 70.0 Å². The lowest BCUT2D eigenvalue weighted by Gasteiger charge is -2.37. The predicted octanol–water partition coefficient (Wildman–Crippen LogP) is 0.280. The molecule has 5 nitrogen and oxygen atoms in total. The number of ether oxygens (including phenoxy) is 1. The van der Waals surface area contributed by atoms with E-state index in [1.54, 1.807) is 0 Å². The molecule has 2 saturated heterocycles. The number of aliphatic hydroxyl groups excluding tert-OH is 1. The van der Waals surface area contributed by atoms with Gasteiger partial charge in [-0.2, -0.15) is 0 Å². The van der Waals surface area contributed by atoms with Crippen LogP contribution in [0.3, 0.4) is 0 Å². The Balaban J connectivity index is 1.92. The number of piperidine rings is 1. The number of hydrogen-bond acceptors (Lipinski definition) is 3. The summed E-state index contributed by atoms with van der Waals surface area (Å²) in [6.07, 6.45) is 0.831. The molecular weight excluding hydrogens is 186 g/mol. The van der Waals surface area contributed by atoms with Crippen molar-refractivity contribution in [3.05, 3.63) is 0 Å². The van der Waals surface area contributed by atoms with Gasteiger partial charge in [-0.3, -0.25) is 0 Å². The second-order valence-corrected chi connectivity index (χ2v) is 4.12. The van der Waals surface area contributed by atoms with Crippen LogP contribution in [0, 0.1) is 0 Å².